The van der Waals surface area contributed by atoms with Gasteiger partial charge in [-0.15, -0.1) is 0 Å². The third-order valence-corrected chi connectivity index (χ3v) is 6.00. The van der Waals surface area contributed by atoms with Crippen LogP contribution in [0.2, 0.25) is 0 Å². The van der Waals surface area contributed by atoms with Crippen molar-refractivity contribution in [3.63, 3.8) is 0 Å². The largest absolute Gasteiger partial charge is 0.307 e. The maximum atomic E-state index is 2.51. The van der Waals surface area contributed by atoms with Gasteiger partial charge in [-0.25, -0.2) is 0 Å². The van der Waals surface area contributed by atoms with Gasteiger partial charge in [0, 0.05) is 24.5 Å². The Morgan fingerprint density at radius 2 is 1.67 bits per heavy atom. The first-order valence-electron chi connectivity index (χ1n) is 8.80. The molecule has 0 aliphatic carbocycles. The van der Waals surface area contributed by atoms with E-state index in [1.807, 2.05) is 0 Å². The van der Waals surface area contributed by atoms with Gasteiger partial charge < -0.3 is 9.80 Å². The fourth-order valence-corrected chi connectivity index (χ4v) is 4.63. The topological polar surface area (TPSA) is 6.48 Å². The van der Waals surface area contributed by atoms with E-state index in [1.165, 1.54) is 38.8 Å². The monoisotopic (exact) mass is 296 g/mol. The molecule has 21 heavy (non-hydrogen) atoms. The Balaban J connectivity index is 2.83. The molecule has 0 aromatic heterocycles. The maximum Gasteiger partial charge on any atom is 0.00659 e. The van der Waals surface area contributed by atoms with Gasteiger partial charge in [-0.05, 0) is 58.2 Å². The second kappa shape index (κ2) is 6.58. The van der Waals surface area contributed by atoms with E-state index >= 15 is 0 Å². The Morgan fingerprint density at radius 3 is 2.05 bits per heavy atom. The molecular weight excluding hydrogens is 256 g/mol. The maximum absolute atomic E-state index is 2.51. The minimum atomic E-state index is 0.413. The molecule has 1 fully saturated rings. The van der Waals surface area contributed by atoms with Gasteiger partial charge in [-0.1, -0.05) is 41.0 Å². The second-order valence-electron chi connectivity index (χ2n) is 9.44. The molecule has 1 aliphatic heterocycles. The number of rotatable bonds is 8. The van der Waals surface area contributed by atoms with Crippen LogP contribution in [0.15, 0.2) is 0 Å². The summed E-state index contributed by atoms with van der Waals surface area (Å²) in [5.41, 5.74) is 1.37. The highest BCUT2D eigenvalue weighted by Crippen LogP contribution is 2.55. The van der Waals surface area contributed by atoms with Crippen molar-refractivity contribution in [3.8, 4) is 0 Å². The molecule has 0 radical (unpaired) electrons. The van der Waals surface area contributed by atoms with E-state index in [0.29, 0.717) is 22.3 Å². The summed E-state index contributed by atoms with van der Waals surface area (Å²) in [5.74, 6) is 0. The number of nitrogens with zero attached hydrogens (tertiary/aromatic N) is 2. The number of hydrogen-bond donors (Lipinski definition) is 0. The zero-order valence-electron chi connectivity index (χ0n) is 16.2. The molecule has 0 N–H and O–H groups in total. The zero-order valence-corrected chi connectivity index (χ0v) is 16.2. The van der Waals surface area contributed by atoms with Crippen molar-refractivity contribution in [2.24, 2.45) is 16.2 Å². The molecule has 1 aliphatic rings. The molecule has 2 heteroatoms. The normalized spacial score (nSPS) is 21.4. The lowest BCUT2D eigenvalue weighted by atomic mass is 9.53. The molecule has 0 spiro atoms. The minimum Gasteiger partial charge on any atom is -0.307 e. The Morgan fingerprint density at radius 1 is 1.14 bits per heavy atom. The van der Waals surface area contributed by atoms with Crippen molar-refractivity contribution in [2.75, 3.05) is 34.2 Å². The molecule has 1 rings (SSSR count). The van der Waals surface area contributed by atoms with Crippen LogP contribution < -0.4 is 0 Å². The van der Waals surface area contributed by atoms with E-state index in [9.17, 15) is 0 Å². The van der Waals surface area contributed by atoms with E-state index in [1.54, 1.807) is 0 Å². The van der Waals surface area contributed by atoms with Gasteiger partial charge >= 0.3 is 0 Å². The summed E-state index contributed by atoms with van der Waals surface area (Å²) in [6.45, 7) is 17.2. The van der Waals surface area contributed by atoms with Gasteiger partial charge in [0.15, 0.2) is 0 Å². The van der Waals surface area contributed by atoms with Crippen LogP contribution in [-0.2, 0) is 0 Å². The van der Waals surface area contributed by atoms with Gasteiger partial charge in [0.2, 0.25) is 0 Å². The van der Waals surface area contributed by atoms with E-state index in [-0.39, 0.29) is 0 Å². The van der Waals surface area contributed by atoms with Gasteiger partial charge in [-0.2, -0.15) is 0 Å². The van der Waals surface area contributed by atoms with Crippen molar-refractivity contribution in [3.05, 3.63) is 0 Å². The van der Waals surface area contributed by atoms with Crippen molar-refractivity contribution in [1.82, 2.24) is 9.80 Å². The lowest BCUT2D eigenvalue weighted by Crippen LogP contribution is -2.62. The number of hydrogen-bond acceptors (Lipinski definition) is 2. The zero-order chi connectivity index (χ0) is 16.5. The second-order valence-corrected chi connectivity index (χ2v) is 9.44. The predicted octanol–water partition coefficient (Wildman–Crippen LogP) is 4.50. The summed E-state index contributed by atoms with van der Waals surface area (Å²) in [4.78, 5) is 4.86. The van der Waals surface area contributed by atoms with E-state index < -0.39 is 0 Å². The molecule has 0 aromatic rings. The van der Waals surface area contributed by atoms with Crippen LogP contribution in [0.1, 0.15) is 67.2 Å². The lowest BCUT2D eigenvalue weighted by molar-refractivity contribution is -0.109. The molecule has 0 aromatic carbocycles. The smallest absolute Gasteiger partial charge is 0.00659 e. The first-order valence-corrected chi connectivity index (χ1v) is 8.80. The molecular formula is C19H40N2. The minimum absolute atomic E-state index is 0.413. The molecule has 1 saturated heterocycles. The van der Waals surface area contributed by atoms with Crippen LogP contribution >= 0.6 is 0 Å². The fourth-order valence-electron chi connectivity index (χ4n) is 4.63. The summed E-state index contributed by atoms with van der Waals surface area (Å²) in [6, 6.07) is 0.657. The molecule has 1 heterocycles. The molecule has 1 unspecified atom stereocenters. The average Bonchev–Trinajstić information content (AvgIpc) is 2.24. The van der Waals surface area contributed by atoms with Crippen molar-refractivity contribution >= 4 is 0 Å². The van der Waals surface area contributed by atoms with Gasteiger partial charge in [0.05, 0.1) is 0 Å². The SMILES string of the molecule is CCCC(C)(C)C1(CC(C)(C)CC(C)N(C)C)CN(C)C1. The first kappa shape index (κ1) is 19.0. The molecule has 0 bridgehead atoms. The first-order chi connectivity index (χ1) is 9.45. The van der Waals surface area contributed by atoms with Crippen molar-refractivity contribution in [2.45, 2.75) is 73.3 Å². The Hall–Kier alpha value is -0.0800. The average molecular weight is 297 g/mol. The van der Waals surface area contributed by atoms with E-state index in [2.05, 4.69) is 72.5 Å². The summed E-state index contributed by atoms with van der Waals surface area (Å²) in [7, 11) is 6.68. The van der Waals surface area contributed by atoms with Crippen LogP contribution in [-0.4, -0.2) is 50.1 Å². The van der Waals surface area contributed by atoms with Crippen LogP contribution in [0.3, 0.4) is 0 Å². The molecule has 2 nitrogen and oxygen atoms in total. The Bertz CT molecular complexity index is 324. The summed E-state index contributed by atoms with van der Waals surface area (Å²) in [5, 5.41) is 0. The molecule has 1 atom stereocenters. The summed E-state index contributed by atoms with van der Waals surface area (Å²) < 4.78 is 0. The molecule has 0 amide bonds. The van der Waals surface area contributed by atoms with Gasteiger partial charge in [0.1, 0.15) is 0 Å². The van der Waals surface area contributed by atoms with Crippen LogP contribution in [0.4, 0.5) is 0 Å². The molecule has 126 valence electrons. The predicted molar refractivity (Wildman–Crippen MR) is 94.8 cm³/mol. The lowest BCUT2D eigenvalue weighted by Gasteiger charge is -2.60. The standard InChI is InChI=1S/C19H40N2/c1-10-11-18(5,6)19(14-21(9)15-19)13-17(3,4)12-16(2)20(7)8/h16H,10-15H2,1-9H3. The highest BCUT2D eigenvalue weighted by atomic mass is 15.2. The van der Waals surface area contributed by atoms with Gasteiger partial charge in [-0.3, -0.25) is 0 Å². The molecule has 0 saturated carbocycles. The highest BCUT2D eigenvalue weighted by Gasteiger charge is 2.53. The van der Waals surface area contributed by atoms with Crippen molar-refractivity contribution < 1.29 is 0 Å². The third-order valence-electron chi connectivity index (χ3n) is 6.00. The van der Waals surface area contributed by atoms with Gasteiger partial charge in [0.25, 0.3) is 0 Å². The van der Waals surface area contributed by atoms with E-state index in [4.69, 9.17) is 0 Å². The Kier molecular flexibility index (Phi) is 5.94. The van der Waals surface area contributed by atoms with Crippen LogP contribution in [0.5, 0.6) is 0 Å². The third kappa shape index (κ3) is 4.45. The quantitative estimate of drug-likeness (QED) is 0.650. The number of likely N-dealkylation sites (tertiary alicyclic amines) is 1. The fraction of sp³-hybridized carbons (Fsp3) is 1.00. The van der Waals surface area contributed by atoms with Crippen molar-refractivity contribution in [1.29, 1.82) is 0 Å². The summed E-state index contributed by atoms with van der Waals surface area (Å²) >= 11 is 0. The van der Waals surface area contributed by atoms with E-state index in [0.717, 1.165) is 0 Å². The van der Waals surface area contributed by atoms with Crippen LogP contribution in [0, 0.1) is 16.2 Å². The Labute approximate surface area is 134 Å². The summed E-state index contributed by atoms with van der Waals surface area (Å²) in [6.07, 6.45) is 5.29. The van der Waals surface area contributed by atoms with Crippen LogP contribution in [0.25, 0.3) is 0 Å². The highest BCUT2D eigenvalue weighted by molar-refractivity contribution is 5.05.